The Balaban J connectivity index is 0.982. The first-order valence-electron chi connectivity index (χ1n) is 18.4. The second kappa shape index (κ2) is 12.1. The first-order valence-corrected chi connectivity index (χ1v) is 18.4. The standard InChI is InChI=1S/C35H48F6O10/c1-18-7-9-24-20(3)33(35(39,40)41,47-28-31(24)22(18)11-14-30(5,46-28)49-50-31)43-16-6-15-42-17-21-25-10-8-19(2)23-12-13-29(4)45-27(32(23,25)51-48-29)44-26(21)34(36,37)38/h18-20,22-25,27-28H,6-17H2,1-5H3/t18-,19-,20-,22?,23?,24+,25+,27-,28+,29-,30-,31-,32-,33-/m1/s1. The van der Waals surface area contributed by atoms with Crippen molar-refractivity contribution < 1.29 is 74.3 Å². The lowest BCUT2D eigenvalue weighted by Crippen LogP contribution is -2.76. The lowest BCUT2D eigenvalue weighted by Gasteiger charge is -2.62. The molecule has 0 amide bonds. The lowest BCUT2D eigenvalue weighted by atomic mass is 9.57. The minimum Gasteiger partial charge on any atom is -0.456 e. The summed E-state index contributed by atoms with van der Waals surface area (Å²) in [7, 11) is 0. The van der Waals surface area contributed by atoms with Crippen LogP contribution in [0.25, 0.3) is 0 Å². The van der Waals surface area contributed by atoms with Gasteiger partial charge in [-0.05, 0) is 76.5 Å². The van der Waals surface area contributed by atoms with Crippen LogP contribution >= 0.6 is 0 Å². The molecule has 0 radical (unpaired) electrons. The SMILES string of the molecule is C[C@@H]1CC[C@H]2C(COCCCO[C@@]3(C(F)(F)F)O[C@@H]4O[C@@]5(C)CCC6[C@H](C)CC[C@@H]([C@H]3C)[C@]64OO5)=C(C(F)(F)F)O[C@@H]3O[C@@]4(C)CCC1[C@]32OO4. The van der Waals surface area contributed by atoms with Gasteiger partial charge >= 0.3 is 12.4 Å². The van der Waals surface area contributed by atoms with Crippen LogP contribution in [-0.4, -0.2) is 73.3 Å². The number of ether oxygens (including phenoxy) is 6. The number of halogens is 6. The van der Waals surface area contributed by atoms with Gasteiger partial charge in [0, 0.05) is 48.7 Å². The van der Waals surface area contributed by atoms with Crippen molar-refractivity contribution in [3.05, 3.63) is 11.3 Å². The first-order chi connectivity index (χ1) is 23.9. The Bertz CT molecular complexity index is 1400. The number of hydrogen-bond donors (Lipinski definition) is 0. The predicted octanol–water partition coefficient (Wildman–Crippen LogP) is 7.61. The third-order valence-corrected chi connectivity index (χ3v) is 13.6. The fourth-order valence-corrected chi connectivity index (χ4v) is 11.0. The van der Waals surface area contributed by atoms with E-state index in [2.05, 4.69) is 6.92 Å². The molecule has 8 heterocycles. The second-order valence-electron chi connectivity index (χ2n) is 16.6. The van der Waals surface area contributed by atoms with Crippen molar-refractivity contribution in [3.63, 3.8) is 0 Å². The molecule has 290 valence electrons. The number of allylic oxidation sites excluding steroid dienone is 1. The summed E-state index contributed by atoms with van der Waals surface area (Å²) in [6, 6.07) is 0. The van der Waals surface area contributed by atoms with Gasteiger partial charge in [-0.1, -0.05) is 20.8 Å². The molecule has 4 bridgehead atoms. The fourth-order valence-electron chi connectivity index (χ4n) is 11.0. The molecule has 0 aromatic rings. The summed E-state index contributed by atoms with van der Waals surface area (Å²) in [6.45, 7) is 7.73. The van der Waals surface area contributed by atoms with E-state index >= 15 is 13.2 Å². The maximum atomic E-state index is 15.2. The monoisotopic (exact) mass is 742 g/mol. The smallest absolute Gasteiger partial charge is 0.449 e. The van der Waals surface area contributed by atoms with Crippen LogP contribution in [0.2, 0.25) is 0 Å². The number of fused-ring (bicyclic) bond motifs is 4. The van der Waals surface area contributed by atoms with Crippen molar-refractivity contribution in [1.82, 2.24) is 0 Å². The molecular formula is C35H48F6O10. The maximum Gasteiger partial charge on any atom is 0.449 e. The minimum absolute atomic E-state index is 0.0547. The van der Waals surface area contributed by atoms with E-state index in [0.717, 1.165) is 0 Å². The van der Waals surface area contributed by atoms with Crippen LogP contribution < -0.4 is 0 Å². The Kier molecular flexibility index (Phi) is 8.73. The zero-order valence-electron chi connectivity index (χ0n) is 29.5. The van der Waals surface area contributed by atoms with Crippen molar-refractivity contribution in [3.8, 4) is 0 Å². The van der Waals surface area contributed by atoms with Gasteiger partial charge in [-0.25, -0.2) is 19.6 Å². The van der Waals surface area contributed by atoms with Gasteiger partial charge in [0.15, 0.2) is 17.5 Å². The van der Waals surface area contributed by atoms with Gasteiger partial charge in [-0.2, -0.15) is 26.3 Å². The molecule has 10 aliphatic rings. The average Bonchev–Trinajstić information content (AvgIpc) is 3.42. The van der Waals surface area contributed by atoms with Gasteiger partial charge in [-0.3, -0.25) is 0 Å². The molecule has 14 atom stereocenters. The largest absolute Gasteiger partial charge is 0.456 e. The quantitative estimate of drug-likeness (QED) is 0.148. The van der Waals surface area contributed by atoms with Gasteiger partial charge in [0.1, 0.15) is 0 Å². The second-order valence-corrected chi connectivity index (χ2v) is 16.6. The number of alkyl halides is 6. The first kappa shape index (κ1) is 36.7. The van der Waals surface area contributed by atoms with Gasteiger partial charge in [0.2, 0.25) is 23.6 Å². The van der Waals surface area contributed by atoms with E-state index in [-0.39, 0.29) is 42.3 Å². The Labute approximate surface area is 292 Å². The molecule has 2 saturated carbocycles. The highest BCUT2D eigenvalue weighted by atomic mass is 19.4. The summed E-state index contributed by atoms with van der Waals surface area (Å²) >= 11 is 0. The molecule has 10 nitrogen and oxygen atoms in total. The summed E-state index contributed by atoms with van der Waals surface area (Å²) in [5.74, 6) is -9.35. The summed E-state index contributed by atoms with van der Waals surface area (Å²) in [4.78, 5) is 23.4. The van der Waals surface area contributed by atoms with E-state index in [0.29, 0.717) is 51.4 Å². The highest BCUT2D eigenvalue weighted by Crippen LogP contribution is 2.65. The summed E-state index contributed by atoms with van der Waals surface area (Å²) in [6.07, 6.45) is -8.23. The van der Waals surface area contributed by atoms with Crippen LogP contribution in [-0.2, 0) is 48.0 Å². The number of rotatable bonds is 7. The third-order valence-electron chi connectivity index (χ3n) is 13.6. The third kappa shape index (κ3) is 5.38. The molecule has 2 spiro atoms. The van der Waals surface area contributed by atoms with Gasteiger partial charge in [0.05, 0.1) is 13.2 Å². The molecule has 2 unspecified atom stereocenters. The zero-order chi connectivity index (χ0) is 36.4. The summed E-state index contributed by atoms with van der Waals surface area (Å²) in [5, 5.41) is 0. The summed E-state index contributed by atoms with van der Waals surface area (Å²) in [5.41, 5.74) is -2.63. The molecule has 0 aromatic carbocycles. The van der Waals surface area contributed by atoms with Gasteiger partial charge in [-0.15, -0.1) is 0 Å². The molecule has 51 heavy (non-hydrogen) atoms. The molecule has 16 heteroatoms. The predicted molar refractivity (Wildman–Crippen MR) is 160 cm³/mol. The Hall–Kier alpha value is -1.24. The highest BCUT2D eigenvalue weighted by molar-refractivity contribution is 5.28. The van der Waals surface area contributed by atoms with Crippen LogP contribution in [0.3, 0.4) is 0 Å². The van der Waals surface area contributed by atoms with Crippen LogP contribution in [0.5, 0.6) is 0 Å². The van der Waals surface area contributed by atoms with E-state index in [1.165, 1.54) is 6.92 Å². The minimum atomic E-state index is -4.95. The van der Waals surface area contributed by atoms with Crippen LogP contribution in [0.4, 0.5) is 26.3 Å². The van der Waals surface area contributed by atoms with Crippen molar-refractivity contribution in [2.24, 2.45) is 41.4 Å². The molecule has 2 aliphatic carbocycles. The van der Waals surface area contributed by atoms with Crippen molar-refractivity contribution in [2.45, 2.75) is 146 Å². The molecule has 10 rings (SSSR count). The molecule has 7 saturated heterocycles. The normalized spacial score (nSPS) is 50.6. The summed E-state index contributed by atoms with van der Waals surface area (Å²) < 4.78 is 124. The Morgan fingerprint density at radius 1 is 0.686 bits per heavy atom. The molecule has 8 aliphatic heterocycles. The number of hydrogen-bond acceptors (Lipinski definition) is 10. The van der Waals surface area contributed by atoms with Crippen LogP contribution in [0, 0.1) is 41.4 Å². The van der Waals surface area contributed by atoms with Gasteiger partial charge < -0.3 is 28.4 Å². The van der Waals surface area contributed by atoms with Crippen LogP contribution in [0.15, 0.2) is 11.3 Å². The maximum absolute atomic E-state index is 15.2. The van der Waals surface area contributed by atoms with Crippen molar-refractivity contribution >= 4 is 0 Å². The highest BCUT2D eigenvalue weighted by Gasteiger charge is 2.77. The lowest BCUT2D eigenvalue weighted by molar-refractivity contribution is -0.598. The van der Waals surface area contributed by atoms with Gasteiger partial charge in [0.25, 0.3) is 5.79 Å². The van der Waals surface area contributed by atoms with E-state index in [1.807, 2.05) is 6.92 Å². The molecular weight excluding hydrogens is 694 g/mol. The van der Waals surface area contributed by atoms with E-state index in [4.69, 9.17) is 48.0 Å². The molecule has 9 fully saturated rings. The molecule has 0 N–H and O–H groups in total. The fraction of sp³-hybridized carbons (Fsp3) is 0.943. The van der Waals surface area contributed by atoms with Crippen molar-refractivity contribution in [1.29, 1.82) is 0 Å². The van der Waals surface area contributed by atoms with E-state index in [1.54, 1.807) is 13.8 Å². The van der Waals surface area contributed by atoms with E-state index in [9.17, 15) is 13.2 Å². The average molecular weight is 743 g/mol. The Morgan fingerprint density at radius 2 is 1.29 bits per heavy atom. The van der Waals surface area contributed by atoms with Crippen LogP contribution in [0.1, 0.15) is 92.4 Å². The van der Waals surface area contributed by atoms with Crippen molar-refractivity contribution in [2.75, 3.05) is 19.8 Å². The molecule has 0 aromatic heterocycles. The topological polar surface area (TPSA) is 92.3 Å². The van der Waals surface area contributed by atoms with E-state index < -0.39 is 90.2 Å². The Morgan fingerprint density at radius 3 is 1.94 bits per heavy atom. The zero-order valence-corrected chi connectivity index (χ0v) is 29.5.